The molecule has 0 aliphatic heterocycles. The van der Waals surface area contributed by atoms with Crippen molar-refractivity contribution in [1.82, 2.24) is 4.72 Å². The van der Waals surface area contributed by atoms with Crippen LogP contribution in [0, 0.1) is 0 Å². The maximum Gasteiger partial charge on any atom is 0.213 e. The highest BCUT2D eigenvalue weighted by molar-refractivity contribution is 7.90. The molecular weight excluding hydrogens is 294 g/mol. The normalized spacial score (nSPS) is 13.3. The second-order valence-electron chi connectivity index (χ2n) is 5.83. The van der Waals surface area contributed by atoms with Gasteiger partial charge in [0.25, 0.3) is 0 Å². The third-order valence-electron chi connectivity index (χ3n) is 3.80. The molecule has 0 fully saturated rings. The van der Waals surface area contributed by atoms with Crippen LogP contribution in [-0.2, 0) is 10.0 Å². The van der Waals surface area contributed by atoms with Crippen molar-refractivity contribution in [2.45, 2.75) is 31.9 Å². The molecule has 0 spiro atoms. The van der Waals surface area contributed by atoms with Crippen LogP contribution in [0.5, 0.6) is 0 Å². The number of hydrogen-bond donors (Lipinski definition) is 1. The minimum absolute atomic E-state index is 0.137. The summed E-state index contributed by atoms with van der Waals surface area (Å²) < 4.78 is 26.3. The summed E-state index contributed by atoms with van der Waals surface area (Å²) in [4.78, 5) is 0. The van der Waals surface area contributed by atoms with Crippen LogP contribution in [0.25, 0.3) is 11.1 Å². The van der Waals surface area contributed by atoms with Crippen molar-refractivity contribution in [3.8, 4) is 11.1 Å². The van der Waals surface area contributed by atoms with Crippen LogP contribution in [0.1, 0.15) is 32.3 Å². The quantitative estimate of drug-likeness (QED) is 0.881. The average Bonchev–Trinajstić information content (AvgIpc) is 2.53. The molecule has 0 amide bonds. The van der Waals surface area contributed by atoms with E-state index in [2.05, 4.69) is 41.1 Å². The van der Waals surface area contributed by atoms with E-state index >= 15 is 0 Å². The summed E-state index contributed by atoms with van der Waals surface area (Å²) in [5.41, 5.74) is 3.48. The Hall–Kier alpha value is -1.65. The Morgan fingerprint density at radius 2 is 1.41 bits per heavy atom. The van der Waals surface area contributed by atoms with E-state index in [0.717, 1.165) is 5.56 Å². The van der Waals surface area contributed by atoms with E-state index in [-0.39, 0.29) is 5.92 Å². The SMILES string of the molecule is CC(C)S(=O)(=O)NC[C@@H](C)c1ccc(-c2ccccc2)cc1. The van der Waals surface area contributed by atoms with Gasteiger partial charge in [0.2, 0.25) is 10.0 Å². The van der Waals surface area contributed by atoms with E-state index in [0.29, 0.717) is 6.54 Å². The van der Waals surface area contributed by atoms with Gasteiger partial charge in [-0.3, -0.25) is 0 Å². The lowest BCUT2D eigenvalue weighted by Gasteiger charge is -2.15. The van der Waals surface area contributed by atoms with E-state index in [9.17, 15) is 8.42 Å². The fourth-order valence-corrected chi connectivity index (χ4v) is 2.98. The predicted octanol–water partition coefficient (Wildman–Crippen LogP) is 3.78. The molecule has 118 valence electrons. The Labute approximate surface area is 133 Å². The Bertz CT molecular complexity index is 692. The summed E-state index contributed by atoms with van der Waals surface area (Å²) in [5, 5.41) is -0.403. The first kappa shape index (κ1) is 16.7. The van der Waals surface area contributed by atoms with E-state index < -0.39 is 15.3 Å². The average molecular weight is 317 g/mol. The monoisotopic (exact) mass is 317 g/mol. The van der Waals surface area contributed by atoms with Crippen LogP contribution in [0.4, 0.5) is 0 Å². The number of hydrogen-bond acceptors (Lipinski definition) is 2. The van der Waals surface area contributed by atoms with Gasteiger partial charge in [0, 0.05) is 6.54 Å². The van der Waals surface area contributed by atoms with E-state index in [1.807, 2.05) is 25.1 Å². The zero-order valence-electron chi connectivity index (χ0n) is 13.3. The lowest BCUT2D eigenvalue weighted by atomic mass is 9.98. The van der Waals surface area contributed by atoms with Gasteiger partial charge in [0.05, 0.1) is 5.25 Å². The molecule has 2 aromatic carbocycles. The third-order valence-corrected chi connectivity index (χ3v) is 5.61. The highest BCUT2D eigenvalue weighted by Crippen LogP contribution is 2.22. The molecule has 2 rings (SSSR count). The second-order valence-corrected chi connectivity index (χ2v) is 8.15. The number of benzene rings is 2. The van der Waals surface area contributed by atoms with Crippen LogP contribution in [0.15, 0.2) is 54.6 Å². The molecule has 0 heterocycles. The molecule has 0 saturated heterocycles. The highest BCUT2D eigenvalue weighted by atomic mass is 32.2. The Morgan fingerprint density at radius 1 is 0.864 bits per heavy atom. The molecule has 1 N–H and O–H groups in total. The molecule has 22 heavy (non-hydrogen) atoms. The summed E-state index contributed by atoms with van der Waals surface area (Å²) in [5.74, 6) is 0.137. The van der Waals surface area contributed by atoms with Crippen molar-refractivity contribution in [3.05, 3.63) is 60.2 Å². The topological polar surface area (TPSA) is 46.2 Å². The molecule has 0 aliphatic carbocycles. The molecule has 0 aliphatic rings. The number of rotatable bonds is 6. The summed E-state index contributed by atoms with van der Waals surface area (Å²) >= 11 is 0. The summed E-state index contributed by atoms with van der Waals surface area (Å²) in [6.45, 7) is 5.81. The van der Waals surface area contributed by atoms with Gasteiger partial charge in [-0.25, -0.2) is 13.1 Å². The lowest BCUT2D eigenvalue weighted by Crippen LogP contribution is -2.33. The first-order valence-electron chi connectivity index (χ1n) is 7.54. The maximum absolute atomic E-state index is 11.8. The first-order chi connectivity index (χ1) is 10.4. The van der Waals surface area contributed by atoms with Gasteiger partial charge >= 0.3 is 0 Å². The largest absolute Gasteiger partial charge is 0.214 e. The van der Waals surface area contributed by atoms with Gasteiger partial charge in [-0.2, -0.15) is 0 Å². The molecule has 0 unspecified atom stereocenters. The lowest BCUT2D eigenvalue weighted by molar-refractivity contribution is 0.566. The van der Waals surface area contributed by atoms with Crippen molar-refractivity contribution in [3.63, 3.8) is 0 Å². The molecule has 0 aromatic heterocycles. The summed E-state index contributed by atoms with van der Waals surface area (Å²) in [7, 11) is -3.20. The van der Waals surface area contributed by atoms with Crippen LogP contribution in [-0.4, -0.2) is 20.2 Å². The van der Waals surface area contributed by atoms with Crippen molar-refractivity contribution < 1.29 is 8.42 Å². The number of sulfonamides is 1. The van der Waals surface area contributed by atoms with Gasteiger partial charge < -0.3 is 0 Å². The smallest absolute Gasteiger partial charge is 0.213 e. The Balaban J connectivity index is 2.04. The van der Waals surface area contributed by atoms with Crippen LogP contribution < -0.4 is 4.72 Å². The van der Waals surface area contributed by atoms with Crippen molar-refractivity contribution in [1.29, 1.82) is 0 Å². The van der Waals surface area contributed by atoms with Crippen molar-refractivity contribution in [2.24, 2.45) is 0 Å². The Kier molecular flexibility index (Phi) is 5.37. The molecule has 2 aromatic rings. The molecule has 4 heteroatoms. The minimum atomic E-state index is -3.20. The van der Waals surface area contributed by atoms with Crippen LogP contribution >= 0.6 is 0 Å². The summed E-state index contributed by atoms with van der Waals surface area (Å²) in [6, 6.07) is 18.5. The van der Waals surface area contributed by atoms with Crippen LogP contribution in [0.3, 0.4) is 0 Å². The van der Waals surface area contributed by atoms with Crippen molar-refractivity contribution in [2.75, 3.05) is 6.54 Å². The zero-order chi connectivity index (χ0) is 16.2. The Morgan fingerprint density at radius 3 is 1.95 bits per heavy atom. The highest BCUT2D eigenvalue weighted by Gasteiger charge is 2.16. The maximum atomic E-state index is 11.8. The standard InChI is InChI=1S/C18H23NO2S/c1-14(2)22(20,21)19-13-15(3)16-9-11-18(12-10-16)17-7-5-4-6-8-17/h4-12,14-15,19H,13H2,1-3H3/t15-/m1/s1. The molecule has 0 saturated carbocycles. The zero-order valence-corrected chi connectivity index (χ0v) is 14.1. The predicted molar refractivity (Wildman–Crippen MR) is 92.4 cm³/mol. The molecule has 0 radical (unpaired) electrons. The van der Waals surface area contributed by atoms with Gasteiger partial charge in [0.1, 0.15) is 0 Å². The molecule has 3 nitrogen and oxygen atoms in total. The van der Waals surface area contributed by atoms with Gasteiger partial charge in [0.15, 0.2) is 0 Å². The first-order valence-corrected chi connectivity index (χ1v) is 9.08. The van der Waals surface area contributed by atoms with E-state index in [1.54, 1.807) is 13.8 Å². The third kappa shape index (κ3) is 4.18. The molecule has 0 bridgehead atoms. The molecular formula is C18H23NO2S. The number of nitrogens with one attached hydrogen (secondary N) is 1. The second kappa shape index (κ2) is 7.07. The van der Waals surface area contributed by atoms with E-state index in [4.69, 9.17) is 0 Å². The summed E-state index contributed by atoms with van der Waals surface area (Å²) in [6.07, 6.45) is 0. The van der Waals surface area contributed by atoms with Gasteiger partial charge in [-0.15, -0.1) is 0 Å². The van der Waals surface area contributed by atoms with Crippen molar-refractivity contribution >= 4 is 10.0 Å². The minimum Gasteiger partial charge on any atom is -0.214 e. The van der Waals surface area contributed by atoms with Gasteiger partial charge in [-0.05, 0) is 36.5 Å². The fourth-order valence-electron chi connectivity index (χ4n) is 2.16. The van der Waals surface area contributed by atoms with Gasteiger partial charge in [-0.1, -0.05) is 61.5 Å². The van der Waals surface area contributed by atoms with E-state index in [1.165, 1.54) is 11.1 Å². The van der Waals surface area contributed by atoms with Crippen LogP contribution in [0.2, 0.25) is 0 Å². The molecule has 1 atom stereocenters. The fraction of sp³-hybridized carbons (Fsp3) is 0.333.